The quantitative estimate of drug-likeness (QED) is 0.229. The first-order chi connectivity index (χ1) is 16.5. The highest BCUT2D eigenvalue weighted by Gasteiger charge is 2.46. The Bertz CT molecular complexity index is 1290. The smallest absolute Gasteiger partial charge is 0.295 e. The second kappa shape index (κ2) is 9.70. The number of carbonyl (C=O) groups is 2. The molecule has 1 amide bonds. The van der Waals surface area contributed by atoms with Crippen LogP contribution in [0, 0.1) is 6.92 Å². The number of benzene rings is 3. The van der Waals surface area contributed by atoms with Crippen LogP contribution in [0.5, 0.6) is 5.75 Å². The summed E-state index contributed by atoms with van der Waals surface area (Å²) in [7, 11) is 0. The van der Waals surface area contributed by atoms with Gasteiger partial charge in [0.15, 0.2) is 0 Å². The highest BCUT2D eigenvalue weighted by atomic mass is 79.9. The molecule has 0 bridgehead atoms. The summed E-state index contributed by atoms with van der Waals surface area (Å²) in [4.78, 5) is 28.0. The number of rotatable bonds is 5. The van der Waals surface area contributed by atoms with Crippen molar-refractivity contribution >= 4 is 33.4 Å². The van der Waals surface area contributed by atoms with Gasteiger partial charge in [0.05, 0.1) is 11.6 Å². The first-order valence-corrected chi connectivity index (χ1v) is 12.2. The van der Waals surface area contributed by atoms with Gasteiger partial charge in [-0.25, -0.2) is 0 Å². The third kappa shape index (κ3) is 5.49. The summed E-state index contributed by atoms with van der Waals surface area (Å²) >= 11 is 3.39. The molecule has 1 aliphatic heterocycles. The number of aryl methyl sites for hydroxylation is 1. The lowest BCUT2D eigenvalue weighted by Crippen LogP contribution is -2.29. The molecule has 0 radical (unpaired) electrons. The summed E-state index contributed by atoms with van der Waals surface area (Å²) < 4.78 is 6.75. The Morgan fingerprint density at radius 2 is 1.66 bits per heavy atom. The van der Waals surface area contributed by atoms with Gasteiger partial charge in [0.1, 0.15) is 17.1 Å². The molecule has 1 saturated heterocycles. The van der Waals surface area contributed by atoms with Crippen LogP contribution in [-0.4, -0.2) is 27.3 Å². The monoisotopic (exact) mass is 533 g/mol. The number of ketones is 1. The van der Waals surface area contributed by atoms with E-state index in [0.29, 0.717) is 5.56 Å². The Morgan fingerprint density at radius 1 is 1.00 bits per heavy atom. The van der Waals surface area contributed by atoms with Gasteiger partial charge < -0.3 is 14.7 Å². The van der Waals surface area contributed by atoms with E-state index < -0.39 is 17.7 Å². The molecule has 1 heterocycles. The molecule has 5 nitrogen and oxygen atoms in total. The van der Waals surface area contributed by atoms with Crippen molar-refractivity contribution in [2.45, 2.75) is 45.9 Å². The van der Waals surface area contributed by atoms with Crippen molar-refractivity contribution in [3.63, 3.8) is 0 Å². The van der Waals surface area contributed by atoms with E-state index in [4.69, 9.17) is 4.74 Å². The molecule has 0 saturated carbocycles. The van der Waals surface area contributed by atoms with E-state index in [9.17, 15) is 14.7 Å². The number of Topliss-reactive ketones (excluding diaryl/α,β-unsaturated/α-hetero) is 1. The standard InChI is InChI=1S/C29H28BrNO4/c1-18-6-5-7-21(16-18)25-24(26(32)20-10-12-22(30)13-11-20)27(33)28(34)31(25)17-19-8-14-23(15-9-19)35-29(2,3)4/h5-16,25,32H,17H2,1-4H3/b26-24-. The fraction of sp³-hybridized carbons (Fsp3) is 0.241. The SMILES string of the molecule is Cc1cccc(C2/C(=C(/O)c3ccc(Br)cc3)C(=O)C(=O)N2Cc2ccc(OC(C)(C)C)cc2)c1. The molecule has 4 rings (SSSR count). The topological polar surface area (TPSA) is 66.8 Å². The summed E-state index contributed by atoms with van der Waals surface area (Å²) in [6.45, 7) is 8.11. The number of halogens is 1. The van der Waals surface area contributed by atoms with Crippen molar-refractivity contribution in [2.75, 3.05) is 0 Å². The molecule has 1 aliphatic rings. The fourth-order valence-electron chi connectivity index (χ4n) is 4.21. The largest absolute Gasteiger partial charge is 0.507 e. The zero-order valence-corrected chi connectivity index (χ0v) is 21.8. The zero-order chi connectivity index (χ0) is 25.3. The Balaban J connectivity index is 1.76. The van der Waals surface area contributed by atoms with Crippen LogP contribution in [0.25, 0.3) is 5.76 Å². The van der Waals surface area contributed by atoms with Gasteiger partial charge in [0, 0.05) is 16.6 Å². The van der Waals surface area contributed by atoms with E-state index in [2.05, 4.69) is 15.9 Å². The molecule has 0 aliphatic carbocycles. The van der Waals surface area contributed by atoms with Crippen molar-refractivity contribution in [2.24, 2.45) is 0 Å². The first-order valence-electron chi connectivity index (χ1n) is 11.4. The summed E-state index contributed by atoms with van der Waals surface area (Å²) in [5.41, 5.74) is 2.88. The van der Waals surface area contributed by atoms with Gasteiger partial charge in [-0.05, 0) is 63.1 Å². The Kier molecular flexibility index (Phi) is 6.86. The minimum Gasteiger partial charge on any atom is -0.507 e. The molecule has 1 fully saturated rings. The molecular weight excluding hydrogens is 506 g/mol. The number of nitrogens with zero attached hydrogens (tertiary/aromatic N) is 1. The van der Waals surface area contributed by atoms with Gasteiger partial charge in [-0.1, -0.05) is 70.0 Å². The lowest BCUT2D eigenvalue weighted by Gasteiger charge is -2.26. The van der Waals surface area contributed by atoms with Crippen molar-refractivity contribution < 1.29 is 19.4 Å². The molecule has 35 heavy (non-hydrogen) atoms. The molecule has 6 heteroatoms. The second-order valence-electron chi connectivity index (χ2n) is 9.71. The predicted octanol–water partition coefficient (Wildman–Crippen LogP) is 6.56. The molecule has 180 valence electrons. The van der Waals surface area contributed by atoms with Crippen LogP contribution in [-0.2, 0) is 16.1 Å². The molecular formula is C29H28BrNO4. The van der Waals surface area contributed by atoms with Crippen molar-refractivity contribution in [3.8, 4) is 5.75 Å². The number of carbonyl (C=O) groups excluding carboxylic acids is 2. The van der Waals surface area contributed by atoms with Crippen LogP contribution in [0.1, 0.15) is 49.1 Å². The number of aliphatic hydroxyl groups excluding tert-OH is 1. The molecule has 1 atom stereocenters. The second-order valence-corrected chi connectivity index (χ2v) is 10.6. The van der Waals surface area contributed by atoms with E-state index in [1.54, 1.807) is 24.3 Å². The van der Waals surface area contributed by atoms with E-state index in [1.807, 2.05) is 76.2 Å². The minimum absolute atomic E-state index is 0.0932. The average Bonchev–Trinajstić information content (AvgIpc) is 3.04. The van der Waals surface area contributed by atoms with Crippen LogP contribution in [0.3, 0.4) is 0 Å². The van der Waals surface area contributed by atoms with Gasteiger partial charge in [-0.3, -0.25) is 9.59 Å². The van der Waals surface area contributed by atoms with Crippen molar-refractivity contribution in [3.05, 3.63) is 105 Å². The van der Waals surface area contributed by atoms with Gasteiger partial charge in [0.2, 0.25) is 0 Å². The molecule has 3 aromatic carbocycles. The molecule has 3 aromatic rings. The van der Waals surface area contributed by atoms with Gasteiger partial charge in [0.25, 0.3) is 11.7 Å². The van der Waals surface area contributed by atoms with E-state index in [-0.39, 0.29) is 23.5 Å². The summed E-state index contributed by atoms with van der Waals surface area (Å²) in [6, 6.07) is 21.5. The third-order valence-corrected chi connectivity index (χ3v) is 6.24. The van der Waals surface area contributed by atoms with Gasteiger partial charge >= 0.3 is 0 Å². The maximum atomic E-state index is 13.2. The van der Waals surface area contributed by atoms with Crippen LogP contribution >= 0.6 is 15.9 Å². The van der Waals surface area contributed by atoms with Crippen LogP contribution < -0.4 is 4.74 Å². The van der Waals surface area contributed by atoms with Crippen LogP contribution in [0.2, 0.25) is 0 Å². The summed E-state index contributed by atoms with van der Waals surface area (Å²) in [6.07, 6.45) is 0. The zero-order valence-electron chi connectivity index (χ0n) is 20.2. The van der Waals surface area contributed by atoms with Crippen molar-refractivity contribution in [1.29, 1.82) is 0 Å². The minimum atomic E-state index is -0.705. The fourth-order valence-corrected chi connectivity index (χ4v) is 4.47. The molecule has 1 unspecified atom stereocenters. The van der Waals surface area contributed by atoms with E-state index >= 15 is 0 Å². The van der Waals surface area contributed by atoms with Crippen LogP contribution in [0.15, 0.2) is 82.8 Å². The molecule has 0 aromatic heterocycles. The highest BCUT2D eigenvalue weighted by molar-refractivity contribution is 9.10. The summed E-state index contributed by atoms with van der Waals surface area (Å²) in [5.74, 6) is -0.776. The first kappa shape index (κ1) is 24.7. The van der Waals surface area contributed by atoms with Gasteiger partial charge in [-0.2, -0.15) is 0 Å². The van der Waals surface area contributed by atoms with Crippen molar-refractivity contribution in [1.82, 2.24) is 4.90 Å². The average molecular weight is 534 g/mol. The van der Waals surface area contributed by atoms with Gasteiger partial charge in [-0.15, -0.1) is 0 Å². The third-order valence-electron chi connectivity index (χ3n) is 5.72. The maximum absolute atomic E-state index is 13.2. The molecule has 0 spiro atoms. The van der Waals surface area contributed by atoms with E-state index in [0.717, 1.165) is 26.9 Å². The Hall–Kier alpha value is -3.38. The number of amides is 1. The maximum Gasteiger partial charge on any atom is 0.295 e. The molecule has 1 N–H and O–H groups in total. The normalized spacial score (nSPS) is 17.6. The highest BCUT2D eigenvalue weighted by Crippen LogP contribution is 2.40. The number of aliphatic hydroxyl groups is 1. The number of likely N-dealkylation sites (tertiary alicyclic amines) is 1. The number of ether oxygens (including phenoxy) is 1. The summed E-state index contributed by atoms with van der Waals surface area (Å²) in [5, 5.41) is 11.2. The number of hydrogen-bond acceptors (Lipinski definition) is 4. The lowest BCUT2D eigenvalue weighted by atomic mass is 9.94. The van der Waals surface area contributed by atoms with E-state index in [1.165, 1.54) is 4.90 Å². The van der Waals surface area contributed by atoms with Crippen LogP contribution in [0.4, 0.5) is 0 Å². The number of hydrogen-bond donors (Lipinski definition) is 1. The predicted molar refractivity (Wildman–Crippen MR) is 140 cm³/mol. The lowest BCUT2D eigenvalue weighted by molar-refractivity contribution is -0.140. The Morgan fingerprint density at radius 3 is 2.26 bits per heavy atom. The Labute approximate surface area is 214 Å².